The molecule has 1 fully saturated rings. The number of carbonyl (C=O) groups is 2. The Labute approximate surface area is 197 Å². The molecule has 2 N–H and O–H groups in total. The van der Waals surface area contributed by atoms with Crippen molar-refractivity contribution >= 4 is 34.4 Å². The molecule has 6 nitrogen and oxygen atoms in total. The van der Waals surface area contributed by atoms with Crippen molar-refractivity contribution in [3.8, 4) is 0 Å². The van der Waals surface area contributed by atoms with Crippen LogP contribution in [0.4, 0.5) is 5.69 Å². The van der Waals surface area contributed by atoms with Crippen LogP contribution in [-0.2, 0) is 9.59 Å². The summed E-state index contributed by atoms with van der Waals surface area (Å²) in [5.41, 5.74) is 4.98. The van der Waals surface area contributed by atoms with E-state index in [4.69, 9.17) is 4.99 Å². The summed E-state index contributed by atoms with van der Waals surface area (Å²) in [5, 5.41) is 8.88. The maximum Gasteiger partial charge on any atom is 0.255 e. The molecule has 0 unspecified atom stereocenters. The van der Waals surface area contributed by atoms with E-state index in [1.54, 1.807) is 0 Å². The van der Waals surface area contributed by atoms with Crippen molar-refractivity contribution in [1.82, 2.24) is 10.2 Å². The molecule has 2 aromatic rings. The number of fused-ring (bicyclic) bond motifs is 1. The van der Waals surface area contributed by atoms with E-state index in [0.717, 1.165) is 40.5 Å². The Hall–Kier alpha value is -3.32. The minimum absolute atomic E-state index is 0.00940. The fourth-order valence-electron chi connectivity index (χ4n) is 4.21. The number of amides is 2. The average molecular weight is 459 g/mol. The molecule has 0 spiro atoms. The van der Waals surface area contributed by atoms with E-state index in [2.05, 4.69) is 21.6 Å². The smallest absolute Gasteiger partial charge is 0.255 e. The molecule has 3 aliphatic rings. The SMILES string of the molecule is CC1=C(C(=O)Nc2ccccc2)[C@H](c2cccc(C)c2)N2C(CC(=O)NC3CC3)=CSC2=N1. The van der Waals surface area contributed by atoms with E-state index in [-0.39, 0.29) is 24.3 Å². The summed E-state index contributed by atoms with van der Waals surface area (Å²) in [4.78, 5) is 33.0. The van der Waals surface area contributed by atoms with Gasteiger partial charge in [-0.25, -0.2) is 4.99 Å². The van der Waals surface area contributed by atoms with Crippen LogP contribution >= 0.6 is 11.8 Å². The van der Waals surface area contributed by atoms with Crippen LogP contribution in [-0.4, -0.2) is 27.9 Å². The molecule has 0 aromatic heterocycles. The minimum atomic E-state index is -0.365. The first kappa shape index (κ1) is 21.5. The Kier molecular flexibility index (Phi) is 5.81. The van der Waals surface area contributed by atoms with Gasteiger partial charge in [-0.1, -0.05) is 59.8 Å². The number of nitrogens with one attached hydrogen (secondary N) is 2. The van der Waals surface area contributed by atoms with Gasteiger partial charge in [0, 0.05) is 17.4 Å². The molecule has 2 aliphatic heterocycles. The fraction of sp³-hybridized carbons (Fsp3) is 0.269. The van der Waals surface area contributed by atoms with Gasteiger partial charge in [0.05, 0.1) is 23.7 Å². The highest BCUT2D eigenvalue weighted by molar-refractivity contribution is 8.16. The third-order valence-electron chi connectivity index (χ3n) is 5.92. The third kappa shape index (κ3) is 4.59. The van der Waals surface area contributed by atoms with Gasteiger partial charge in [0.2, 0.25) is 5.91 Å². The Bertz CT molecular complexity index is 1200. The van der Waals surface area contributed by atoms with Crippen molar-refractivity contribution in [3.63, 3.8) is 0 Å². The van der Waals surface area contributed by atoms with Crippen molar-refractivity contribution in [1.29, 1.82) is 0 Å². The van der Waals surface area contributed by atoms with Crippen LogP contribution in [0.1, 0.15) is 43.4 Å². The first-order chi connectivity index (χ1) is 16.0. The first-order valence-electron chi connectivity index (χ1n) is 11.2. The molecule has 7 heteroatoms. The molecule has 0 bridgehead atoms. The summed E-state index contributed by atoms with van der Waals surface area (Å²) in [6.07, 6.45) is 2.36. The number of amidine groups is 1. The number of rotatable bonds is 6. The van der Waals surface area contributed by atoms with Crippen molar-refractivity contribution < 1.29 is 9.59 Å². The highest BCUT2D eigenvalue weighted by Crippen LogP contribution is 2.45. The third-order valence-corrected chi connectivity index (χ3v) is 6.81. The molecule has 33 heavy (non-hydrogen) atoms. The van der Waals surface area contributed by atoms with Gasteiger partial charge in [-0.2, -0.15) is 0 Å². The quantitative estimate of drug-likeness (QED) is 0.647. The predicted molar refractivity (Wildman–Crippen MR) is 132 cm³/mol. The Balaban J connectivity index is 1.51. The van der Waals surface area contributed by atoms with Crippen LogP contribution in [0.25, 0.3) is 0 Å². The van der Waals surface area contributed by atoms with Crippen molar-refractivity contribution in [2.45, 2.75) is 45.2 Å². The van der Waals surface area contributed by atoms with Gasteiger partial charge in [-0.05, 0) is 49.8 Å². The average Bonchev–Trinajstić information content (AvgIpc) is 3.52. The number of nitrogens with zero attached hydrogens (tertiary/aromatic N) is 2. The molecule has 0 saturated heterocycles. The summed E-state index contributed by atoms with van der Waals surface area (Å²) in [5.74, 6) is -0.179. The number of hydrogen-bond acceptors (Lipinski definition) is 5. The lowest BCUT2D eigenvalue weighted by Gasteiger charge is -2.36. The summed E-state index contributed by atoms with van der Waals surface area (Å²) in [6.45, 7) is 3.92. The lowest BCUT2D eigenvalue weighted by molar-refractivity contribution is -0.120. The lowest BCUT2D eigenvalue weighted by Crippen LogP contribution is -2.39. The number of anilines is 1. The number of allylic oxidation sites excluding steroid dienone is 1. The van der Waals surface area contributed by atoms with Crippen LogP contribution in [0.3, 0.4) is 0 Å². The molecule has 2 amide bonds. The number of thioether (sulfide) groups is 1. The lowest BCUT2D eigenvalue weighted by atomic mass is 9.92. The van der Waals surface area contributed by atoms with E-state index >= 15 is 0 Å². The first-order valence-corrected chi connectivity index (χ1v) is 12.0. The van der Waals surface area contributed by atoms with Crippen molar-refractivity contribution in [2.75, 3.05) is 5.32 Å². The molecular formula is C26H26N4O2S. The second-order valence-electron chi connectivity index (χ2n) is 8.65. The number of benzene rings is 2. The molecule has 1 atom stereocenters. The van der Waals surface area contributed by atoms with Gasteiger partial charge >= 0.3 is 0 Å². The predicted octanol–water partition coefficient (Wildman–Crippen LogP) is 4.88. The molecule has 168 valence electrons. The monoisotopic (exact) mass is 458 g/mol. The second kappa shape index (κ2) is 8.90. The van der Waals surface area contributed by atoms with Crippen LogP contribution < -0.4 is 10.6 Å². The Morgan fingerprint density at radius 3 is 2.61 bits per heavy atom. The number of aliphatic imine (C=N–C) groups is 1. The molecule has 0 radical (unpaired) electrons. The molecule has 5 rings (SSSR count). The maximum absolute atomic E-state index is 13.5. The molecule has 2 heterocycles. The van der Waals surface area contributed by atoms with Gasteiger partial charge in [0.15, 0.2) is 5.17 Å². The largest absolute Gasteiger partial charge is 0.353 e. The zero-order chi connectivity index (χ0) is 22.9. The molecule has 1 aliphatic carbocycles. The van der Waals surface area contributed by atoms with E-state index in [0.29, 0.717) is 17.3 Å². The Morgan fingerprint density at radius 1 is 1.09 bits per heavy atom. The van der Waals surface area contributed by atoms with Crippen LogP contribution in [0, 0.1) is 6.92 Å². The number of aryl methyl sites for hydroxylation is 1. The standard InChI is InChI=1S/C26H26N4O2S/c1-16-7-6-8-18(13-16)24-23(25(32)29-19-9-4-3-5-10-19)17(2)27-26-30(24)21(15-33-26)14-22(31)28-20-11-12-20/h3-10,13,15,20,24H,11-12,14H2,1-2H3,(H,28,31)(H,29,32)/t24-/m0/s1. The molecule has 2 aromatic carbocycles. The summed E-state index contributed by atoms with van der Waals surface area (Å²) < 4.78 is 0. The van der Waals surface area contributed by atoms with E-state index in [9.17, 15) is 9.59 Å². The van der Waals surface area contributed by atoms with Crippen LogP contribution in [0.2, 0.25) is 0 Å². The van der Waals surface area contributed by atoms with E-state index < -0.39 is 0 Å². The van der Waals surface area contributed by atoms with Crippen molar-refractivity contribution in [2.24, 2.45) is 4.99 Å². The second-order valence-corrected chi connectivity index (χ2v) is 9.48. The number of carbonyl (C=O) groups excluding carboxylic acids is 2. The normalized spacial score (nSPS) is 19.6. The highest BCUT2D eigenvalue weighted by Gasteiger charge is 2.40. The number of hydrogen-bond donors (Lipinski definition) is 2. The molecule has 1 saturated carbocycles. The van der Waals surface area contributed by atoms with E-state index in [1.807, 2.05) is 67.8 Å². The van der Waals surface area contributed by atoms with Crippen molar-refractivity contribution in [3.05, 3.63) is 88.1 Å². The maximum atomic E-state index is 13.5. The fourth-order valence-corrected chi connectivity index (χ4v) is 5.17. The number of para-hydroxylation sites is 1. The minimum Gasteiger partial charge on any atom is -0.353 e. The zero-order valence-electron chi connectivity index (χ0n) is 18.7. The zero-order valence-corrected chi connectivity index (χ0v) is 19.5. The van der Waals surface area contributed by atoms with Gasteiger partial charge in [-0.3, -0.25) is 9.59 Å². The van der Waals surface area contributed by atoms with Gasteiger partial charge < -0.3 is 15.5 Å². The van der Waals surface area contributed by atoms with Crippen LogP contribution in [0.15, 0.2) is 82.0 Å². The Morgan fingerprint density at radius 2 is 1.88 bits per heavy atom. The summed E-state index contributed by atoms with van der Waals surface area (Å²) >= 11 is 1.50. The molecular weight excluding hydrogens is 432 g/mol. The summed E-state index contributed by atoms with van der Waals surface area (Å²) in [7, 11) is 0. The van der Waals surface area contributed by atoms with Gasteiger partial charge in [0.25, 0.3) is 5.91 Å². The highest BCUT2D eigenvalue weighted by atomic mass is 32.2. The van der Waals surface area contributed by atoms with Gasteiger partial charge in [0.1, 0.15) is 0 Å². The van der Waals surface area contributed by atoms with Gasteiger partial charge in [-0.15, -0.1) is 0 Å². The summed E-state index contributed by atoms with van der Waals surface area (Å²) in [6, 6.07) is 17.6. The van der Waals surface area contributed by atoms with Crippen LogP contribution in [0.5, 0.6) is 0 Å². The van der Waals surface area contributed by atoms with E-state index in [1.165, 1.54) is 11.8 Å². The topological polar surface area (TPSA) is 73.8 Å².